The Hall–Kier alpha value is 0.555. The Balaban J connectivity index is 2.43. The first-order valence-corrected chi connectivity index (χ1v) is 2.70. The predicted octanol–water partition coefficient (Wildman–Crippen LogP) is -1.01. The molecule has 0 spiro atoms. The van der Waals surface area contributed by atoms with Crippen molar-refractivity contribution in [1.82, 2.24) is 0 Å². The van der Waals surface area contributed by atoms with Crippen LogP contribution in [0.4, 0.5) is 0 Å². The third kappa shape index (κ3) is 2.55. The van der Waals surface area contributed by atoms with Gasteiger partial charge in [0, 0.05) is 0 Å². The van der Waals surface area contributed by atoms with Crippen molar-refractivity contribution in [2.75, 3.05) is 0 Å². The molecule has 0 aromatic rings. The van der Waals surface area contributed by atoms with Gasteiger partial charge in [0.2, 0.25) is 0 Å². The summed E-state index contributed by atoms with van der Waals surface area (Å²) in [7, 11) is 0. The molecule has 0 radical (unpaired) electrons. The summed E-state index contributed by atoms with van der Waals surface area (Å²) in [4.78, 5) is 0. The Bertz CT molecular complexity index is 37.8. The maximum atomic E-state index is 7.66. The first-order chi connectivity index (χ1) is 1.91. The molecule has 0 saturated carbocycles. The molecule has 0 aromatic carbocycles. The quantitative estimate of drug-likeness (QED) is 0.329. The van der Waals surface area contributed by atoms with Crippen molar-refractivity contribution >= 4 is 32.0 Å². The van der Waals surface area contributed by atoms with Crippen molar-refractivity contribution in [2.24, 2.45) is 0 Å². The van der Waals surface area contributed by atoms with E-state index in [1.165, 1.54) is 0 Å². The van der Waals surface area contributed by atoms with E-state index in [1.807, 2.05) is 5.97 Å². The summed E-state index contributed by atoms with van der Waals surface area (Å²) < 4.78 is 0.764. The Morgan fingerprint density at radius 2 is 2.25 bits per heavy atom. The van der Waals surface area contributed by atoms with E-state index in [0.29, 0.717) is 0 Å². The molecule has 0 saturated heterocycles. The summed E-state index contributed by atoms with van der Waals surface area (Å²) in [5.41, 5.74) is 0. The molecule has 0 heterocycles. The van der Waals surface area contributed by atoms with Gasteiger partial charge in [0.1, 0.15) is 0 Å². The zero-order valence-electron chi connectivity index (χ0n) is 2.65. The Morgan fingerprint density at radius 3 is 2.25 bits per heavy atom. The second-order valence-electron chi connectivity index (χ2n) is 0.512. The molecular formula is CHBNNa. The van der Waals surface area contributed by atoms with Gasteiger partial charge in [-0.3, -0.25) is 0 Å². The van der Waals surface area contributed by atoms with Gasteiger partial charge >= 0.3 is 43.2 Å². The molecule has 0 fully saturated rings. The van der Waals surface area contributed by atoms with Crippen molar-refractivity contribution in [3.63, 3.8) is 0 Å². The van der Waals surface area contributed by atoms with Gasteiger partial charge in [-0.25, -0.2) is 0 Å². The molecule has 0 atom stereocenters. The number of hydrogen-bond acceptors (Lipinski definition) is 1. The second-order valence-corrected chi connectivity index (χ2v) is 1.22. The number of hydrogen-bond donors (Lipinski definition) is 0. The minimum absolute atomic E-state index is 0.764. The zero-order valence-corrected chi connectivity index (χ0v) is 4.65. The molecule has 0 amide bonds. The van der Waals surface area contributed by atoms with Gasteiger partial charge in [0.05, 0.1) is 0 Å². The average Bonchev–Trinajstić information content (AvgIpc) is 1.37. The van der Waals surface area contributed by atoms with Crippen LogP contribution in [-0.4, -0.2) is 32.0 Å². The van der Waals surface area contributed by atoms with E-state index in [9.17, 15) is 0 Å². The van der Waals surface area contributed by atoms with Crippen LogP contribution in [0.1, 0.15) is 0 Å². The number of rotatable bonds is 0. The van der Waals surface area contributed by atoms with Crippen LogP contribution in [0.2, 0.25) is 0 Å². The molecule has 3 heteroatoms. The molecule has 0 rings (SSSR count). The van der Waals surface area contributed by atoms with Gasteiger partial charge in [-0.1, -0.05) is 0 Å². The predicted molar refractivity (Wildman–Crippen MR) is 18.5 cm³/mol. The number of nitrogens with zero attached hydrogens (tertiary/aromatic N) is 1. The van der Waals surface area contributed by atoms with Crippen LogP contribution in [-0.2, 0) is 0 Å². The van der Waals surface area contributed by atoms with Crippen molar-refractivity contribution in [3.05, 3.63) is 0 Å². The van der Waals surface area contributed by atoms with Crippen LogP contribution in [0.25, 0.3) is 0 Å². The summed E-state index contributed by atoms with van der Waals surface area (Å²) in [6.45, 7) is 0. The summed E-state index contributed by atoms with van der Waals surface area (Å²) >= 11 is 1.03. The van der Waals surface area contributed by atoms with E-state index >= 15 is 0 Å². The fourth-order valence-electron chi connectivity index (χ4n) is 0. The molecule has 0 bridgehead atoms. The van der Waals surface area contributed by atoms with E-state index in [4.69, 9.17) is 5.26 Å². The normalized spacial score (nSPS) is 4.25. The van der Waals surface area contributed by atoms with Crippen molar-refractivity contribution in [3.8, 4) is 5.97 Å². The molecule has 0 aliphatic rings. The topological polar surface area (TPSA) is 23.8 Å². The molecular weight excluding hydrogens is 59.8 g/mol. The molecule has 4 heavy (non-hydrogen) atoms. The van der Waals surface area contributed by atoms with Crippen molar-refractivity contribution in [2.45, 2.75) is 0 Å². The fourth-order valence-corrected chi connectivity index (χ4v) is 0. The Kier molecular flexibility index (Phi) is 4.05. The van der Waals surface area contributed by atoms with Gasteiger partial charge in [0.15, 0.2) is 0 Å². The summed E-state index contributed by atoms with van der Waals surface area (Å²) in [6.07, 6.45) is 0. The Morgan fingerprint density at radius 1 is 2.00 bits per heavy atom. The van der Waals surface area contributed by atoms with Crippen LogP contribution in [0.15, 0.2) is 0 Å². The van der Waals surface area contributed by atoms with Crippen LogP contribution in [0, 0.1) is 11.2 Å². The SMILES string of the molecule is N#C[BH][Na]. The van der Waals surface area contributed by atoms with Crippen LogP contribution < -0.4 is 0 Å². The third-order valence-electron chi connectivity index (χ3n) is 0.158. The maximum absolute atomic E-state index is 7.66. The van der Waals surface area contributed by atoms with Gasteiger partial charge in [-0.2, -0.15) is 0 Å². The molecule has 1 nitrogen and oxygen atoms in total. The molecule has 0 aromatic heterocycles. The van der Waals surface area contributed by atoms with Crippen molar-refractivity contribution in [1.29, 1.82) is 5.26 Å². The van der Waals surface area contributed by atoms with Gasteiger partial charge in [0.25, 0.3) is 0 Å². The van der Waals surface area contributed by atoms with E-state index < -0.39 is 0 Å². The van der Waals surface area contributed by atoms with E-state index in [2.05, 4.69) is 0 Å². The average molecular weight is 60.8 g/mol. The second kappa shape index (κ2) is 3.55. The summed E-state index contributed by atoms with van der Waals surface area (Å²) in [5, 5.41) is 7.66. The number of nitriles is 1. The van der Waals surface area contributed by atoms with E-state index in [0.717, 1.165) is 32.0 Å². The van der Waals surface area contributed by atoms with Gasteiger partial charge < -0.3 is 0 Å². The van der Waals surface area contributed by atoms with Crippen molar-refractivity contribution < 1.29 is 0 Å². The van der Waals surface area contributed by atoms with Crippen LogP contribution >= 0.6 is 0 Å². The molecule has 0 N–H and O–H groups in total. The fraction of sp³-hybridized carbons (Fsp3) is 0. The standard InChI is InChI=1S/CHBN.Na/c2-1-3;/h2H;/q+1;-1. The molecule has 0 unspecified atom stereocenters. The monoisotopic (exact) mass is 61.0 g/mol. The van der Waals surface area contributed by atoms with E-state index in [1.54, 1.807) is 0 Å². The summed E-state index contributed by atoms with van der Waals surface area (Å²) in [5.74, 6) is 1.99. The summed E-state index contributed by atoms with van der Waals surface area (Å²) in [6, 6.07) is 0. The third-order valence-corrected chi connectivity index (χ3v) is 0.474. The Labute approximate surface area is 43.3 Å². The zero-order chi connectivity index (χ0) is 3.41. The van der Waals surface area contributed by atoms with Gasteiger partial charge in [-0.05, 0) is 0 Å². The first kappa shape index (κ1) is 4.55. The molecule has 14 valence electrons. The molecule has 0 aliphatic carbocycles. The first-order valence-electron chi connectivity index (χ1n) is 1.28. The van der Waals surface area contributed by atoms with Gasteiger partial charge in [-0.15, -0.1) is 0 Å². The van der Waals surface area contributed by atoms with Crippen LogP contribution in [0.5, 0.6) is 0 Å². The molecule has 0 aliphatic heterocycles. The van der Waals surface area contributed by atoms with Crippen LogP contribution in [0.3, 0.4) is 0 Å². The van der Waals surface area contributed by atoms with E-state index in [-0.39, 0.29) is 0 Å². The minimum atomic E-state index is 0.764.